The summed E-state index contributed by atoms with van der Waals surface area (Å²) in [5, 5.41) is 17.4. The van der Waals surface area contributed by atoms with Crippen LogP contribution in [0.25, 0.3) is 0 Å². The number of hydrogen-bond acceptors (Lipinski definition) is 4. The number of nitro groups is 1. The van der Waals surface area contributed by atoms with Crippen LogP contribution in [0.3, 0.4) is 0 Å². The number of benzene rings is 1. The quantitative estimate of drug-likeness (QED) is 0.560. The molecule has 1 aromatic carbocycles. The summed E-state index contributed by atoms with van der Waals surface area (Å²) in [4.78, 5) is 10.5. The monoisotopic (exact) mass is 265 g/mol. The Morgan fingerprint density at radius 1 is 1.37 bits per heavy atom. The van der Waals surface area contributed by atoms with E-state index in [1.165, 1.54) is 0 Å². The Bertz CT molecular complexity index is 421. The van der Waals surface area contributed by atoms with E-state index < -0.39 is 0 Å². The molecule has 0 aliphatic heterocycles. The molecule has 1 atom stereocenters. The average molecular weight is 265 g/mol. The number of anilines is 1. The number of nitrogens with one attached hydrogen (secondary N) is 2. The first-order chi connectivity index (χ1) is 9.12. The molecule has 19 heavy (non-hydrogen) atoms. The van der Waals surface area contributed by atoms with Gasteiger partial charge in [0.25, 0.3) is 5.69 Å². The standard InChI is InChI=1S/C14H23N3O2/c1-4-11-6-7-13(17(18)19)10-14(11)16-12(5-2)8-9-15-3/h6-7,10,12,15-16H,4-5,8-9H2,1-3H3. The van der Waals surface area contributed by atoms with Crippen LogP contribution >= 0.6 is 0 Å². The molecule has 0 aliphatic carbocycles. The highest BCUT2D eigenvalue weighted by Gasteiger charge is 2.13. The Labute approximate surface area is 114 Å². The van der Waals surface area contributed by atoms with Crippen molar-refractivity contribution < 1.29 is 4.92 Å². The molecule has 0 fully saturated rings. The van der Waals surface area contributed by atoms with Gasteiger partial charge >= 0.3 is 0 Å². The lowest BCUT2D eigenvalue weighted by Gasteiger charge is -2.20. The topological polar surface area (TPSA) is 67.2 Å². The lowest BCUT2D eigenvalue weighted by Crippen LogP contribution is -2.24. The summed E-state index contributed by atoms with van der Waals surface area (Å²) in [6.07, 6.45) is 2.86. The number of non-ortho nitro benzene ring substituents is 1. The van der Waals surface area contributed by atoms with Crippen LogP contribution in [0.4, 0.5) is 11.4 Å². The van der Waals surface area contributed by atoms with E-state index in [1.807, 2.05) is 13.1 Å². The molecule has 0 spiro atoms. The van der Waals surface area contributed by atoms with Gasteiger partial charge < -0.3 is 10.6 Å². The van der Waals surface area contributed by atoms with Gasteiger partial charge in [0.1, 0.15) is 0 Å². The van der Waals surface area contributed by atoms with Crippen molar-refractivity contribution in [3.63, 3.8) is 0 Å². The van der Waals surface area contributed by atoms with Crippen LogP contribution < -0.4 is 10.6 Å². The summed E-state index contributed by atoms with van der Waals surface area (Å²) in [7, 11) is 1.93. The van der Waals surface area contributed by atoms with Crippen LogP contribution in [0.15, 0.2) is 18.2 Å². The molecule has 106 valence electrons. The zero-order valence-electron chi connectivity index (χ0n) is 11.9. The van der Waals surface area contributed by atoms with Crippen molar-refractivity contribution in [2.24, 2.45) is 0 Å². The zero-order chi connectivity index (χ0) is 14.3. The molecule has 0 saturated carbocycles. The molecule has 0 radical (unpaired) electrons. The summed E-state index contributed by atoms with van der Waals surface area (Å²) in [5.41, 5.74) is 2.15. The van der Waals surface area contributed by atoms with Gasteiger partial charge in [-0.15, -0.1) is 0 Å². The Balaban J connectivity index is 2.89. The van der Waals surface area contributed by atoms with Gasteiger partial charge in [-0.2, -0.15) is 0 Å². The largest absolute Gasteiger partial charge is 0.382 e. The van der Waals surface area contributed by atoms with Gasteiger partial charge in [-0.1, -0.05) is 19.9 Å². The second-order valence-corrected chi connectivity index (χ2v) is 4.59. The fourth-order valence-electron chi connectivity index (χ4n) is 2.04. The van der Waals surface area contributed by atoms with Crippen LogP contribution in [0.1, 0.15) is 32.3 Å². The highest BCUT2D eigenvalue weighted by Crippen LogP contribution is 2.24. The molecule has 1 rings (SSSR count). The number of hydrogen-bond donors (Lipinski definition) is 2. The predicted octanol–water partition coefficient (Wildman–Crippen LogP) is 2.96. The van der Waals surface area contributed by atoms with Crippen LogP contribution in [0.2, 0.25) is 0 Å². The normalized spacial score (nSPS) is 12.2. The third kappa shape index (κ3) is 4.52. The first kappa shape index (κ1) is 15.4. The van der Waals surface area contributed by atoms with Gasteiger partial charge in [-0.05, 0) is 38.4 Å². The smallest absolute Gasteiger partial charge is 0.271 e. The minimum Gasteiger partial charge on any atom is -0.382 e. The van der Waals surface area contributed by atoms with E-state index in [0.29, 0.717) is 6.04 Å². The van der Waals surface area contributed by atoms with Crippen LogP contribution in [-0.4, -0.2) is 24.6 Å². The van der Waals surface area contributed by atoms with Gasteiger partial charge in [-0.3, -0.25) is 10.1 Å². The molecule has 0 saturated heterocycles. The van der Waals surface area contributed by atoms with Crippen molar-refractivity contribution in [2.75, 3.05) is 18.9 Å². The van der Waals surface area contributed by atoms with Crippen molar-refractivity contribution >= 4 is 11.4 Å². The minimum absolute atomic E-state index is 0.142. The Morgan fingerprint density at radius 3 is 2.63 bits per heavy atom. The predicted molar refractivity (Wildman–Crippen MR) is 78.7 cm³/mol. The molecule has 5 nitrogen and oxygen atoms in total. The summed E-state index contributed by atoms with van der Waals surface area (Å²) in [6.45, 7) is 5.11. The van der Waals surface area contributed by atoms with Gasteiger partial charge in [0.05, 0.1) is 4.92 Å². The number of nitrogens with zero attached hydrogens (tertiary/aromatic N) is 1. The van der Waals surface area contributed by atoms with Gasteiger partial charge in [0.15, 0.2) is 0 Å². The second kappa shape index (κ2) is 7.74. The summed E-state index contributed by atoms with van der Waals surface area (Å²) < 4.78 is 0. The van der Waals surface area contributed by atoms with E-state index in [2.05, 4.69) is 24.5 Å². The van der Waals surface area contributed by atoms with Crippen LogP contribution in [0.5, 0.6) is 0 Å². The van der Waals surface area contributed by atoms with Gasteiger partial charge in [0.2, 0.25) is 0 Å². The van der Waals surface area contributed by atoms with Crippen molar-refractivity contribution in [1.29, 1.82) is 0 Å². The highest BCUT2D eigenvalue weighted by molar-refractivity contribution is 5.57. The van der Waals surface area contributed by atoms with Crippen molar-refractivity contribution in [3.8, 4) is 0 Å². The van der Waals surface area contributed by atoms with Crippen LogP contribution in [0, 0.1) is 10.1 Å². The Morgan fingerprint density at radius 2 is 2.11 bits per heavy atom. The number of nitro benzene ring substituents is 1. The maximum atomic E-state index is 10.8. The maximum Gasteiger partial charge on any atom is 0.271 e. The molecule has 5 heteroatoms. The van der Waals surface area contributed by atoms with E-state index in [-0.39, 0.29) is 10.6 Å². The summed E-state index contributed by atoms with van der Waals surface area (Å²) in [5.74, 6) is 0. The van der Waals surface area contributed by atoms with E-state index >= 15 is 0 Å². The van der Waals surface area contributed by atoms with E-state index in [9.17, 15) is 10.1 Å². The minimum atomic E-state index is -0.348. The SMILES string of the molecule is CCc1ccc([N+](=O)[O-])cc1NC(CC)CCNC. The molecule has 0 aromatic heterocycles. The van der Waals surface area contributed by atoms with Crippen molar-refractivity contribution in [3.05, 3.63) is 33.9 Å². The van der Waals surface area contributed by atoms with Gasteiger partial charge in [-0.25, -0.2) is 0 Å². The lowest BCUT2D eigenvalue weighted by molar-refractivity contribution is -0.384. The fraction of sp³-hybridized carbons (Fsp3) is 0.571. The van der Waals surface area contributed by atoms with E-state index in [1.54, 1.807) is 12.1 Å². The van der Waals surface area contributed by atoms with E-state index in [0.717, 1.165) is 37.1 Å². The summed E-state index contributed by atoms with van der Waals surface area (Å²) >= 11 is 0. The molecule has 0 aliphatic rings. The van der Waals surface area contributed by atoms with Crippen LogP contribution in [-0.2, 0) is 6.42 Å². The Hall–Kier alpha value is -1.62. The molecular formula is C14H23N3O2. The van der Waals surface area contributed by atoms with Gasteiger partial charge in [0, 0.05) is 23.9 Å². The van der Waals surface area contributed by atoms with Crippen molar-refractivity contribution in [1.82, 2.24) is 5.32 Å². The molecule has 1 aromatic rings. The number of aryl methyl sites for hydroxylation is 1. The first-order valence-corrected chi connectivity index (χ1v) is 6.80. The maximum absolute atomic E-state index is 10.8. The molecule has 0 bridgehead atoms. The van der Waals surface area contributed by atoms with E-state index in [4.69, 9.17) is 0 Å². The Kier molecular flexibility index (Phi) is 6.29. The molecular weight excluding hydrogens is 242 g/mol. The summed E-state index contributed by atoms with van der Waals surface area (Å²) in [6, 6.07) is 5.38. The zero-order valence-corrected chi connectivity index (χ0v) is 11.9. The fourth-order valence-corrected chi connectivity index (χ4v) is 2.04. The van der Waals surface area contributed by atoms with Crippen molar-refractivity contribution in [2.45, 2.75) is 39.2 Å². The molecule has 1 unspecified atom stereocenters. The molecule has 2 N–H and O–H groups in total. The third-order valence-corrected chi connectivity index (χ3v) is 3.28. The molecule has 0 heterocycles. The second-order valence-electron chi connectivity index (χ2n) is 4.59. The number of rotatable bonds is 8. The third-order valence-electron chi connectivity index (χ3n) is 3.28. The molecule has 0 amide bonds. The first-order valence-electron chi connectivity index (χ1n) is 6.80. The lowest BCUT2D eigenvalue weighted by atomic mass is 10.1. The average Bonchev–Trinajstić information content (AvgIpc) is 2.43. The highest BCUT2D eigenvalue weighted by atomic mass is 16.6.